The lowest BCUT2D eigenvalue weighted by atomic mass is 10.3. The van der Waals surface area contributed by atoms with Gasteiger partial charge in [0.2, 0.25) is 11.8 Å². The Morgan fingerprint density at radius 1 is 1.23 bits per heavy atom. The molecule has 0 saturated carbocycles. The fraction of sp³-hybridized carbons (Fsp3) is 0.500. The molecule has 0 saturated heterocycles. The van der Waals surface area contributed by atoms with Crippen LogP contribution in [0, 0.1) is 0 Å². The molecular formula is C16H24N2O3S. The van der Waals surface area contributed by atoms with Gasteiger partial charge in [-0.15, -0.1) is 11.8 Å². The Kier molecular flexibility index (Phi) is 8.62. The third-order valence-electron chi connectivity index (χ3n) is 2.64. The minimum Gasteiger partial charge on any atom is -0.379 e. The zero-order chi connectivity index (χ0) is 16.4. The van der Waals surface area contributed by atoms with E-state index in [4.69, 9.17) is 4.74 Å². The van der Waals surface area contributed by atoms with Gasteiger partial charge in [0.25, 0.3) is 0 Å². The van der Waals surface area contributed by atoms with Gasteiger partial charge in [0.05, 0.1) is 11.9 Å². The van der Waals surface area contributed by atoms with Gasteiger partial charge in [-0.2, -0.15) is 0 Å². The summed E-state index contributed by atoms with van der Waals surface area (Å²) in [5, 5.41) is 5.57. The number of benzene rings is 1. The minimum absolute atomic E-state index is 0.0143. The lowest BCUT2D eigenvalue weighted by molar-refractivity contribution is -0.118. The summed E-state index contributed by atoms with van der Waals surface area (Å²) in [7, 11) is 0. The van der Waals surface area contributed by atoms with Crippen molar-refractivity contribution in [2.24, 2.45) is 0 Å². The molecule has 1 aromatic carbocycles. The van der Waals surface area contributed by atoms with Gasteiger partial charge < -0.3 is 15.4 Å². The Morgan fingerprint density at radius 2 is 1.91 bits per heavy atom. The summed E-state index contributed by atoms with van der Waals surface area (Å²) in [5.74, 6) is 0.298. The predicted octanol–water partition coefficient (Wildman–Crippen LogP) is 2.67. The minimum atomic E-state index is -0.0961. The monoisotopic (exact) mass is 324 g/mol. The average Bonchev–Trinajstić information content (AvgIpc) is 2.45. The number of amides is 2. The fourth-order valence-corrected chi connectivity index (χ4v) is 2.39. The van der Waals surface area contributed by atoms with E-state index in [1.807, 2.05) is 38.1 Å². The van der Waals surface area contributed by atoms with Crippen LogP contribution >= 0.6 is 11.8 Å². The molecule has 22 heavy (non-hydrogen) atoms. The van der Waals surface area contributed by atoms with Crippen LogP contribution in [0.5, 0.6) is 0 Å². The van der Waals surface area contributed by atoms with Crippen LogP contribution in [0.3, 0.4) is 0 Å². The number of ether oxygens (including phenoxy) is 1. The topological polar surface area (TPSA) is 67.4 Å². The summed E-state index contributed by atoms with van der Waals surface area (Å²) in [6.07, 6.45) is 1.05. The first-order valence-electron chi connectivity index (χ1n) is 7.36. The van der Waals surface area contributed by atoms with Crippen molar-refractivity contribution in [2.75, 3.05) is 24.2 Å². The van der Waals surface area contributed by atoms with E-state index in [1.54, 1.807) is 0 Å². The van der Waals surface area contributed by atoms with Gasteiger partial charge in [0, 0.05) is 30.7 Å². The highest BCUT2D eigenvalue weighted by atomic mass is 32.2. The van der Waals surface area contributed by atoms with Crippen LogP contribution in [-0.2, 0) is 14.3 Å². The molecule has 0 heterocycles. The SMILES string of the molecule is CC(=O)Nc1ccc(SCC(=O)NCCCOC(C)C)cc1. The van der Waals surface area contributed by atoms with Gasteiger partial charge in [0.15, 0.2) is 0 Å². The van der Waals surface area contributed by atoms with E-state index < -0.39 is 0 Å². The van der Waals surface area contributed by atoms with Crippen molar-refractivity contribution >= 4 is 29.3 Å². The van der Waals surface area contributed by atoms with Crippen molar-refractivity contribution in [3.63, 3.8) is 0 Å². The maximum Gasteiger partial charge on any atom is 0.230 e. The molecule has 0 bridgehead atoms. The first-order chi connectivity index (χ1) is 10.5. The van der Waals surface area contributed by atoms with Crippen molar-refractivity contribution in [1.82, 2.24) is 5.32 Å². The summed E-state index contributed by atoms with van der Waals surface area (Å²) in [4.78, 5) is 23.6. The maximum absolute atomic E-state index is 11.7. The first-order valence-corrected chi connectivity index (χ1v) is 8.34. The molecular weight excluding hydrogens is 300 g/mol. The van der Waals surface area contributed by atoms with Crippen molar-refractivity contribution in [3.05, 3.63) is 24.3 Å². The Morgan fingerprint density at radius 3 is 2.50 bits per heavy atom. The van der Waals surface area contributed by atoms with Gasteiger partial charge in [-0.3, -0.25) is 9.59 Å². The van der Waals surface area contributed by atoms with Gasteiger partial charge in [-0.05, 0) is 44.5 Å². The first kappa shape index (κ1) is 18.5. The second kappa shape index (κ2) is 10.2. The van der Waals surface area contributed by atoms with Gasteiger partial charge in [-0.1, -0.05) is 0 Å². The van der Waals surface area contributed by atoms with E-state index in [-0.39, 0.29) is 17.9 Å². The number of anilines is 1. The number of nitrogens with one attached hydrogen (secondary N) is 2. The van der Waals surface area contributed by atoms with E-state index in [2.05, 4.69) is 10.6 Å². The molecule has 2 amide bonds. The van der Waals surface area contributed by atoms with Gasteiger partial charge in [0.1, 0.15) is 0 Å². The van der Waals surface area contributed by atoms with Gasteiger partial charge >= 0.3 is 0 Å². The van der Waals surface area contributed by atoms with Crippen molar-refractivity contribution < 1.29 is 14.3 Å². The summed E-state index contributed by atoms with van der Waals surface area (Å²) in [5.41, 5.74) is 0.756. The van der Waals surface area contributed by atoms with Crippen LogP contribution in [0.4, 0.5) is 5.69 Å². The smallest absolute Gasteiger partial charge is 0.230 e. The second-order valence-electron chi connectivity index (χ2n) is 5.12. The largest absolute Gasteiger partial charge is 0.379 e. The zero-order valence-electron chi connectivity index (χ0n) is 13.3. The Bertz CT molecular complexity index is 475. The van der Waals surface area contributed by atoms with E-state index >= 15 is 0 Å². The van der Waals surface area contributed by atoms with E-state index in [1.165, 1.54) is 18.7 Å². The Balaban J connectivity index is 2.19. The normalized spacial score (nSPS) is 10.5. The lowest BCUT2D eigenvalue weighted by Crippen LogP contribution is -2.27. The maximum atomic E-state index is 11.7. The standard InChI is InChI=1S/C16H24N2O3S/c1-12(2)21-10-4-9-17-16(20)11-22-15-7-5-14(6-8-15)18-13(3)19/h5-8,12H,4,9-11H2,1-3H3,(H,17,20)(H,18,19). The van der Waals surface area contributed by atoms with Crippen LogP contribution in [0.2, 0.25) is 0 Å². The van der Waals surface area contributed by atoms with Crippen LogP contribution in [0.1, 0.15) is 27.2 Å². The summed E-state index contributed by atoms with van der Waals surface area (Å²) >= 11 is 1.47. The summed E-state index contributed by atoms with van der Waals surface area (Å²) < 4.78 is 5.41. The van der Waals surface area contributed by atoms with Crippen LogP contribution in [0.25, 0.3) is 0 Å². The lowest BCUT2D eigenvalue weighted by Gasteiger charge is -2.08. The molecule has 1 rings (SSSR count). The van der Waals surface area contributed by atoms with Crippen LogP contribution in [-0.4, -0.2) is 36.8 Å². The Labute approximate surface area is 136 Å². The molecule has 0 radical (unpaired) electrons. The predicted molar refractivity (Wildman–Crippen MR) is 90.2 cm³/mol. The Hall–Kier alpha value is -1.53. The molecule has 2 N–H and O–H groups in total. The zero-order valence-corrected chi connectivity index (χ0v) is 14.2. The molecule has 1 aromatic rings. The molecule has 0 atom stereocenters. The van der Waals surface area contributed by atoms with E-state index in [9.17, 15) is 9.59 Å². The molecule has 0 aliphatic rings. The molecule has 0 unspecified atom stereocenters. The van der Waals surface area contributed by atoms with Gasteiger partial charge in [-0.25, -0.2) is 0 Å². The van der Waals surface area contributed by atoms with Crippen LogP contribution < -0.4 is 10.6 Å². The van der Waals surface area contributed by atoms with E-state index in [0.717, 1.165) is 17.0 Å². The highest BCUT2D eigenvalue weighted by molar-refractivity contribution is 8.00. The van der Waals surface area contributed by atoms with Crippen molar-refractivity contribution in [2.45, 2.75) is 38.2 Å². The van der Waals surface area contributed by atoms with Crippen LogP contribution in [0.15, 0.2) is 29.2 Å². The molecule has 0 aliphatic heterocycles. The third kappa shape index (κ3) is 8.69. The number of carbonyl (C=O) groups is 2. The molecule has 0 aromatic heterocycles. The fourth-order valence-electron chi connectivity index (χ4n) is 1.66. The molecule has 0 aliphatic carbocycles. The summed E-state index contributed by atoms with van der Waals surface area (Å²) in [6, 6.07) is 7.43. The summed E-state index contributed by atoms with van der Waals surface area (Å²) in [6.45, 7) is 6.75. The number of rotatable bonds is 9. The third-order valence-corrected chi connectivity index (χ3v) is 3.65. The molecule has 5 nitrogen and oxygen atoms in total. The second-order valence-corrected chi connectivity index (χ2v) is 6.17. The molecule has 6 heteroatoms. The highest BCUT2D eigenvalue weighted by Crippen LogP contribution is 2.20. The highest BCUT2D eigenvalue weighted by Gasteiger charge is 2.03. The number of hydrogen-bond acceptors (Lipinski definition) is 4. The molecule has 0 spiro atoms. The number of carbonyl (C=O) groups excluding carboxylic acids is 2. The molecule has 122 valence electrons. The quantitative estimate of drug-likeness (QED) is 0.541. The van der Waals surface area contributed by atoms with Crippen molar-refractivity contribution in [1.29, 1.82) is 0 Å². The molecule has 0 fully saturated rings. The number of thioether (sulfide) groups is 1. The van der Waals surface area contributed by atoms with E-state index in [0.29, 0.717) is 18.9 Å². The van der Waals surface area contributed by atoms with Crippen molar-refractivity contribution in [3.8, 4) is 0 Å². The average molecular weight is 324 g/mol. The number of hydrogen-bond donors (Lipinski definition) is 2.